The van der Waals surface area contributed by atoms with Gasteiger partial charge in [-0.05, 0) is 86.1 Å². The van der Waals surface area contributed by atoms with Gasteiger partial charge in [-0.25, -0.2) is 0 Å². The van der Waals surface area contributed by atoms with Gasteiger partial charge in [0.05, 0.1) is 30.6 Å². The highest BCUT2D eigenvalue weighted by molar-refractivity contribution is 7.80. The van der Waals surface area contributed by atoms with Gasteiger partial charge in [-0.3, -0.25) is 4.98 Å². The molecule has 0 unspecified atom stereocenters. The first-order chi connectivity index (χ1) is 16.1. The molecule has 6 heteroatoms. The summed E-state index contributed by atoms with van der Waals surface area (Å²) in [6, 6.07) is 20.9. The fourth-order valence-electron chi connectivity index (χ4n) is 4.77. The molecule has 3 aromatic heterocycles. The molecule has 0 radical (unpaired) electrons. The second-order valence-corrected chi connectivity index (χ2v) is 8.90. The third kappa shape index (κ3) is 3.95. The number of thiocarbonyl (C=S) groups is 1. The van der Waals surface area contributed by atoms with Crippen LogP contribution in [0, 0.1) is 13.8 Å². The molecule has 1 saturated heterocycles. The van der Waals surface area contributed by atoms with E-state index in [1.54, 1.807) is 6.26 Å². The summed E-state index contributed by atoms with van der Waals surface area (Å²) >= 11 is 5.88. The highest BCUT2D eigenvalue weighted by atomic mass is 32.1. The third-order valence-corrected chi connectivity index (χ3v) is 6.86. The van der Waals surface area contributed by atoms with E-state index < -0.39 is 0 Å². The first-order valence-electron chi connectivity index (χ1n) is 11.4. The molecular formula is C27H28N4OS. The van der Waals surface area contributed by atoms with E-state index in [1.807, 2.05) is 30.5 Å². The molecule has 1 N–H and O–H groups in total. The van der Waals surface area contributed by atoms with Crippen LogP contribution in [0.15, 0.2) is 77.5 Å². The van der Waals surface area contributed by atoms with Crippen LogP contribution in [0.2, 0.25) is 0 Å². The van der Waals surface area contributed by atoms with Gasteiger partial charge in [-0.15, -0.1) is 0 Å². The lowest BCUT2D eigenvalue weighted by Gasteiger charge is -2.28. The predicted molar refractivity (Wildman–Crippen MR) is 135 cm³/mol. The lowest BCUT2D eigenvalue weighted by molar-refractivity contribution is 0.488. The number of aryl methyl sites for hydroxylation is 2. The predicted octanol–water partition coefficient (Wildman–Crippen LogP) is 5.88. The Morgan fingerprint density at radius 3 is 2.55 bits per heavy atom. The molecule has 5 rings (SSSR count). The van der Waals surface area contributed by atoms with E-state index in [-0.39, 0.29) is 12.1 Å². The molecule has 1 fully saturated rings. The Labute approximate surface area is 200 Å². The third-order valence-electron chi connectivity index (χ3n) is 6.55. The minimum absolute atomic E-state index is 0.0172. The fourth-order valence-corrected chi connectivity index (χ4v) is 5.12. The first kappa shape index (κ1) is 21.5. The molecule has 1 aromatic carbocycles. The van der Waals surface area contributed by atoms with Gasteiger partial charge in [0.25, 0.3) is 0 Å². The molecule has 0 saturated carbocycles. The van der Waals surface area contributed by atoms with Crippen molar-refractivity contribution in [3.8, 4) is 0 Å². The number of pyridine rings is 1. The summed E-state index contributed by atoms with van der Waals surface area (Å²) in [6.07, 6.45) is 4.58. The first-order valence-corrected chi connectivity index (χ1v) is 11.8. The van der Waals surface area contributed by atoms with Crippen LogP contribution in [0.25, 0.3) is 0 Å². The summed E-state index contributed by atoms with van der Waals surface area (Å²) < 4.78 is 7.94. The Morgan fingerprint density at radius 2 is 1.88 bits per heavy atom. The molecular weight excluding hydrogens is 428 g/mol. The van der Waals surface area contributed by atoms with Crippen LogP contribution in [0.4, 0.5) is 5.69 Å². The van der Waals surface area contributed by atoms with Crippen molar-refractivity contribution in [1.29, 1.82) is 0 Å². The van der Waals surface area contributed by atoms with Crippen LogP contribution in [-0.4, -0.2) is 14.7 Å². The van der Waals surface area contributed by atoms with E-state index in [0.29, 0.717) is 6.54 Å². The van der Waals surface area contributed by atoms with Gasteiger partial charge in [-0.2, -0.15) is 0 Å². The fraction of sp³-hybridized carbons (Fsp3) is 0.259. The summed E-state index contributed by atoms with van der Waals surface area (Å²) in [6.45, 7) is 7.20. The maximum absolute atomic E-state index is 5.88. The number of aromatic nitrogens is 2. The van der Waals surface area contributed by atoms with E-state index in [1.165, 1.54) is 22.5 Å². The number of benzene rings is 1. The molecule has 0 bridgehead atoms. The van der Waals surface area contributed by atoms with Gasteiger partial charge in [-0.1, -0.05) is 25.1 Å². The average molecular weight is 457 g/mol. The van der Waals surface area contributed by atoms with Gasteiger partial charge in [0.2, 0.25) is 0 Å². The molecule has 168 valence electrons. The standard InChI is InChI=1S/C27H28N4OS/c1-4-20-10-12-21(13-11-20)31-26(25(29-27(31)33)24-9-5-6-14-28-24)23-16-18(2)30(19(23)3)17-22-8-7-15-32-22/h5-16,25-26H,4,17H2,1-3H3,(H,29,33)/t25-,26+/m0/s1. The lowest BCUT2D eigenvalue weighted by atomic mass is 9.96. The number of rotatable bonds is 6. The highest BCUT2D eigenvalue weighted by Crippen LogP contribution is 2.43. The number of nitrogens with zero attached hydrogens (tertiary/aromatic N) is 3. The van der Waals surface area contributed by atoms with Crippen LogP contribution in [0.1, 0.15) is 53.0 Å². The molecule has 1 aliphatic rings. The Morgan fingerprint density at radius 1 is 1.06 bits per heavy atom. The van der Waals surface area contributed by atoms with Gasteiger partial charge in [0.15, 0.2) is 5.11 Å². The van der Waals surface area contributed by atoms with Crippen molar-refractivity contribution in [2.75, 3.05) is 4.90 Å². The molecule has 0 aliphatic carbocycles. The molecule has 1 aliphatic heterocycles. The molecule has 4 aromatic rings. The molecule has 5 nitrogen and oxygen atoms in total. The van der Waals surface area contributed by atoms with Crippen LogP contribution in [-0.2, 0) is 13.0 Å². The largest absolute Gasteiger partial charge is 0.467 e. The number of furan rings is 1. The number of hydrogen-bond acceptors (Lipinski definition) is 3. The Bertz CT molecular complexity index is 1250. The quantitative estimate of drug-likeness (QED) is 0.367. The minimum Gasteiger partial charge on any atom is -0.467 e. The van der Waals surface area contributed by atoms with Crippen molar-refractivity contribution in [2.24, 2.45) is 0 Å². The van der Waals surface area contributed by atoms with Crippen LogP contribution >= 0.6 is 12.2 Å². The molecule has 0 amide bonds. The van der Waals surface area contributed by atoms with E-state index in [9.17, 15) is 0 Å². The van der Waals surface area contributed by atoms with Crippen LogP contribution in [0.5, 0.6) is 0 Å². The second-order valence-electron chi connectivity index (χ2n) is 8.51. The lowest BCUT2D eigenvalue weighted by Crippen LogP contribution is -2.29. The minimum atomic E-state index is -0.0536. The summed E-state index contributed by atoms with van der Waals surface area (Å²) in [5.74, 6) is 0.941. The Balaban J connectivity index is 1.61. The van der Waals surface area contributed by atoms with E-state index >= 15 is 0 Å². The Kier molecular flexibility index (Phi) is 5.77. The molecule has 2 atom stereocenters. The summed E-state index contributed by atoms with van der Waals surface area (Å²) in [4.78, 5) is 6.92. The highest BCUT2D eigenvalue weighted by Gasteiger charge is 2.42. The van der Waals surface area contributed by atoms with Crippen LogP contribution in [0.3, 0.4) is 0 Å². The van der Waals surface area contributed by atoms with Crippen molar-refractivity contribution in [1.82, 2.24) is 14.9 Å². The van der Waals surface area contributed by atoms with Crippen LogP contribution < -0.4 is 10.2 Å². The van der Waals surface area contributed by atoms with Crippen molar-refractivity contribution in [3.05, 3.63) is 107 Å². The number of anilines is 1. The SMILES string of the molecule is CCc1ccc(N2C(=S)N[C@@H](c3ccccn3)[C@H]2c2cc(C)n(Cc3ccco3)c2C)cc1. The zero-order valence-corrected chi connectivity index (χ0v) is 20.0. The maximum atomic E-state index is 5.88. The van der Waals surface area contributed by atoms with Crippen molar-refractivity contribution >= 4 is 23.0 Å². The normalized spacial score (nSPS) is 18.0. The second kappa shape index (κ2) is 8.87. The zero-order valence-electron chi connectivity index (χ0n) is 19.2. The van der Waals surface area contributed by atoms with Gasteiger partial charge >= 0.3 is 0 Å². The van der Waals surface area contributed by atoms with Crippen molar-refractivity contribution < 1.29 is 4.42 Å². The summed E-state index contributed by atoms with van der Waals surface area (Å²) in [5.41, 5.74) is 7.01. The van der Waals surface area contributed by atoms with E-state index in [4.69, 9.17) is 16.6 Å². The average Bonchev–Trinajstić information content (AvgIpc) is 3.54. The molecule has 4 heterocycles. The summed E-state index contributed by atoms with van der Waals surface area (Å²) in [5, 5.41) is 4.28. The van der Waals surface area contributed by atoms with E-state index in [2.05, 4.69) is 76.9 Å². The van der Waals surface area contributed by atoms with Gasteiger partial charge < -0.3 is 19.2 Å². The molecule has 0 spiro atoms. The number of nitrogens with one attached hydrogen (secondary N) is 1. The Hall–Kier alpha value is -3.38. The topological polar surface area (TPSA) is 46.2 Å². The van der Waals surface area contributed by atoms with Gasteiger partial charge in [0, 0.05) is 23.3 Å². The van der Waals surface area contributed by atoms with Gasteiger partial charge in [0.1, 0.15) is 5.76 Å². The monoisotopic (exact) mass is 456 g/mol. The van der Waals surface area contributed by atoms with Crippen molar-refractivity contribution in [3.63, 3.8) is 0 Å². The van der Waals surface area contributed by atoms with E-state index in [0.717, 1.165) is 28.7 Å². The smallest absolute Gasteiger partial charge is 0.174 e. The summed E-state index contributed by atoms with van der Waals surface area (Å²) in [7, 11) is 0. The molecule has 33 heavy (non-hydrogen) atoms. The zero-order chi connectivity index (χ0) is 22.9. The number of hydrogen-bond donors (Lipinski definition) is 1. The maximum Gasteiger partial charge on any atom is 0.174 e. The van der Waals surface area contributed by atoms with Crippen molar-refractivity contribution in [2.45, 2.75) is 45.8 Å².